The highest BCUT2D eigenvalue weighted by atomic mass is 16.6. The van der Waals surface area contributed by atoms with E-state index in [4.69, 9.17) is 0 Å². The normalized spacial score (nSPS) is 19.2. The third-order valence-corrected chi connectivity index (χ3v) is 6.07. The number of nitro groups is 1. The molecule has 0 bridgehead atoms. The summed E-state index contributed by atoms with van der Waals surface area (Å²) < 4.78 is 0. The van der Waals surface area contributed by atoms with Crippen LogP contribution in [0.5, 0.6) is 0 Å². The molecule has 0 saturated carbocycles. The average molecular weight is 422 g/mol. The van der Waals surface area contributed by atoms with Gasteiger partial charge in [-0.3, -0.25) is 19.7 Å². The summed E-state index contributed by atoms with van der Waals surface area (Å²) in [6.07, 6.45) is 1.51. The summed E-state index contributed by atoms with van der Waals surface area (Å²) >= 11 is 0. The summed E-state index contributed by atoms with van der Waals surface area (Å²) in [5.74, 6) is -0.376. The lowest BCUT2D eigenvalue weighted by Gasteiger charge is -2.39. The highest BCUT2D eigenvalue weighted by Gasteiger charge is 2.33. The molecule has 2 saturated heterocycles. The van der Waals surface area contributed by atoms with E-state index in [1.54, 1.807) is 11.0 Å². The van der Waals surface area contributed by atoms with Gasteiger partial charge in [-0.05, 0) is 31.0 Å². The number of amides is 2. The van der Waals surface area contributed by atoms with E-state index in [-0.39, 0.29) is 23.4 Å². The number of hydrogen-bond acceptors (Lipinski definition) is 5. The fraction of sp³-hybridized carbons (Fsp3) is 0.391. The minimum absolute atomic E-state index is 0.101. The fourth-order valence-electron chi connectivity index (χ4n) is 4.38. The van der Waals surface area contributed by atoms with Crippen molar-refractivity contribution in [1.82, 2.24) is 9.80 Å². The molecule has 0 aromatic heterocycles. The molecule has 31 heavy (non-hydrogen) atoms. The Morgan fingerprint density at radius 2 is 1.65 bits per heavy atom. The number of rotatable bonds is 4. The average Bonchev–Trinajstić information content (AvgIpc) is 2.84. The van der Waals surface area contributed by atoms with E-state index in [1.807, 2.05) is 23.1 Å². The van der Waals surface area contributed by atoms with Gasteiger partial charge in [0.2, 0.25) is 5.91 Å². The summed E-state index contributed by atoms with van der Waals surface area (Å²) in [6.45, 7) is 3.84. The van der Waals surface area contributed by atoms with Crippen molar-refractivity contribution < 1.29 is 14.5 Å². The maximum Gasteiger partial charge on any atom is 0.270 e. The molecule has 0 spiro atoms. The lowest BCUT2D eigenvalue weighted by Crippen LogP contribution is -2.53. The maximum atomic E-state index is 13.1. The number of nitrogens with zero attached hydrogens (tertiary/aromatic N) is 4. The predicted molar refractivity (Wildman–Crippen MR) is 117 cm³/mol. The van der Waals surface area contributed by atoms with Crippen LogP contribution < -0.4 is 4.90 Å². The van der Waals surface area contributed by atoms with E-state index >= 15 is 0 Å². The second-order valence-electron chi connectivity index (χ2n) is 8.05. The molecule has 2 amide bonds. The van der Waals surface area contributed by atoms with Crippen LogP contribution in [0.1, 0.15) is 23.2 Å². The summed E-state index contributed by atoms with van der Waals surface area (Å²) in [5.41, 5.74) is 1.35. The standard InChI is InChI=1S/C23H26N4O4/c28-22(18-6-4-10-21(16-18)27(30)31)26-11-5-7-19(17-26)23(29)25-14-12-24(13-15-25)20-8-2-1-3-9-20/h1-4,6,8-10,16,19H,5,7,11-15,17H2/t19-/m1/s1. The molecular formula is C23H26N4O4. The van der Waals surface area contributed by atoms with Crippen LogP contribution in [0.2, 0.25) is 0 Å². The molecule has 0 radical (unpaired) electrons. The Balaban J connectivity index is 1.36. The molecule has 2 aliphatic rings. The molecule has 4 rings (SSSR count). The van der Waals surface area contributed by atoms with Crippen LogP contribution in [0.15, 0.2) is 54.6 Å². The fourth-order valence-corrected chi connectivity index (χ4v) is 4.38. The molecule has 0 unspecified atom stereocenters. The first kappa shape index (κ1) is 20.8. The van der Waals surface area contributed by atoms with Crippen molar-refractivity contribution >= 4 is 23.2 Å². The monoisotopic (exact) mass is 422 g/mol. The van der Waals surface area contributed by atoms with Crippen molar-refractivity contribution in [2.45, 2.75) is 12.8 Å². The highest BCUT2D eigenvalue weighted by molar-refractivity contribution is 5.95. The van der Waals surface area contributed by atoms with E-state index in [0.29, 0.717) is 31.7 Å². The topological polar surface area (TPSA) is 87.0 Å². The first-order chi connectivity index (χ1) is 15.0. The highest BCUT2D eigenvalue weighted by Crippen LogP contribution is 2.23. The molecule has 8 heteroatoms. The van der Waals surface area contributed by atoms with Gasteiger partial charge in [0.05, 0.1) is 10.8 Å². The van der Waals surface area contributed by atoms with Crippen LogP contribution in [-0.2, 0) is 4.79 Å². The lowest BCUT2D eigenvalue weighted by molar-refractivity contribution is -0.384. The minimum atomic E-state index is -0.506. The van der Waals surface area contributed by atoms with E-state index < -0.39 is 4.92 Å². The number of likely N-dealkylation sites (tertiary alicyclic amines) is 1. The molecule has 162 valence electrons. The zero-order valence-electron chi connectivity index (χ0n) is 17.4. The molecule has 2 aromatic carbocycles. The van der Waals surface area contributed by atoms with Crippen molar-refractivity contribution in [2.24, 2.45) is 5.92 Å². The van der Waals surface area contributed by atoms with Crippen LogP contribution in [0.4, 0.5) is 11.4 Å². The molecule has 0 aliphatic carbocycles. The zero-order valence-corrected chi connectivity index (χ0v) is 17.4. The van der Waals surface area contributed by atoms with Gasteiger partial charge in [0.1, 0.15) is 0 Å². The van der Waals surface area contributed by atoms with Crippen LogP contribution in [0, 0.1) is 16.0 Å². The number of hydrogen-bond donors (Lipinski definition) is 0. The molecule has 0 N–H and O–H groups in total. The van der Waals surface area contributed by atoms with E-state index in [9.17, 15) is 19.7 Å². The first-order valence-electron chi connectivity index (χ1n) is 10.7. The Labute approximate surface area is 181 Å². The molecule has 2 aromatic rings. The van der Waals surface area contributed by atoms with E-state index in [2.05, 4.69) is 17.0 Å². The zero-order chi connectivity index (χ0) is 21.8. The van der Waals surface area contributed by atoms with Gasteiger partial charge < -0.3 is 14.7 Å². The van der Waals surface area contributed by atoms with Crippen LogP contribution >= 0.6 is 0 Å². The summed E-state index contributed by atoms with van der Waals surface area (Å²) in [7, 11) is 0. The number of nitro benzene ring substituents is 1. The number of anilines is 1. The third-order valence-electron chi connectivity index (χ3n) is 6.07. The quantitative estimate of drug-likeness (QED) is 0.559. The van der Waals surface area contributed by atoms with E-state index in [0.717, 1.165) is 25.9 Å². The van der Waals surface area contributed by atoms with Crippen molar-refractivity contribution in [1.29, 1.82) is 0 Å². The van der Waals surface area contributed by atoms with Crippen LogP contribution in [-0.4, -0.2) is 65.8 Å². The molecule has 1 atom stereocenters. The molecule has 2 aliphatic heterocycles. The lowest BCUT2D eigenvalue weighted by atomic mass is 9.95. The second kappa shape index (κ2) is 9.16. The van der Waals surface area contributed by atoms with Crippen LogP contribution in [0.25, 0.3) is 0 Å². The molecular weight excluding hydrogens is 396 g/mol. The number of para-hydroxylation sites is 1. The van der Waals surface area contributed by atoms with Gasteiger partial charge in [-0.15, -0.1) is 0 Å². The Morgan fingerprint density at radius 3 is 2.35 bits per heavy atom. The smallest absolute Gasteiger partial charge is 0.270 e. The van der Waals surface area contributed by atoms with Crippen molar-refractivity contribution in [3.05, 3.63) is 70.3 Å². The van der Waals surface area contributed by atoms with Gasteiger partial charge in [-0.2, -0.15) is 0 Å². The number of carbonyl (C=O) groups excluding carboxylic acids is 2. The number of non-ortho nitro benzene ring substituents is 1. The van der Waals surface area contributed by atoms with Gasteiger partial charge in [0, 0.05) is 62.7 Å². The Kier molecular flexibility index (Phi) is 6.16. The van der Waals surface area contributed by atoms with Gasteiger partial charge in [0.15, 0.2) is 0 Å². The van der Waals surface area contributed by atoms with E-state index in [1.165, 1.54) is 23.9 Å². The van der Waals surface area contributed by atoms with Crippen LogP contribution in [0.3, 0.4) is 0 Å². The Hall–Kier alpha value is -3.42. The van der Waals surface area contributed by atoms with Crippen molar-refractivity contribution in [3.8, 4) is 0 Å². The SMILES string of the molecule is O=C(c1cccc([N+](=O)[O-])c1)N1CCC[C@@H](C(=O)N2CCN(c3ccccc3)CC2)C1. The maximum absolute atomic E-state index is 13.1. The van der Waals surface area contributed by atoms with Crippen molar-refractivity contribution in [2.75, 3.05) is 44.2 Å². The largest absolute Gasteiger partial charge is 0.368 e. The Bertz CT molecular complexity index is 957. The number of carbonyl (C=O) groups is 2. The number of piperidine rings is 1. The molecule has 2 heterocycles. The molecule has 2 fully saturated rings. The minimum Gasteiger partial charge on any atom is -0.368 e. The predicted octanol–water partition coefficient (Wildman–Crippen LogP) is 2.80. The Morgan fingerprint density at radius 1 is 0.903 bits per heavy atom. The summed E-state index contributed by atoms with van der Waals surface area (Å²) in [5, 5.41) is 11.0. The molecule has 8 nitrogen and oxygen atoms in total. The van der Waals surface area contributed by atoms with Gasteiger partial charge in [-0.1, -0.05) is 24.3 Å². The van der Waals surface area contributed by atoms with Gasteiger partial charge in [0.25, 0.3) is 11.6 Å². The van der Waals surface area contributed by atoms with Gasteiger partial charge >= 0.3 is 0 Å². The number of benzene rings is 2. The summed E-state index contributed by atoms with van der Waals surface area (Å²) in [6, 6.07) is 16.0. The third kappa shape index (κ3) is 4.68. The van der Waals surface area contributed by atoms with Gasteiger partial charge in [-0.25, -0.2) is 0 Å². The number of piperazine rings is 1. The first-order valence-corrected chi connectivity index (χ1v) is 10.7. The van der Waals surface area contributed by atoms with Crippen molar-refractivity contribution in [3.63, 3.8) is 0 Å². The summed E-state index contributed by atoms with van der Waals surface area (Å²) in [4.78, 5) is 42.4. The second-order valence-corrected chi connectivity index (χ2v) is 8.05.